The summed E-state index contributed by atoms with van der Waals surface area (Å²) in [6, 6.07) is 5.86. The van der Waals surface area contributed by atoms with Crippen molar-refractivity contribution in [2.45, 2.75) is 6.92 Å². The van der Waals surface area contributed by atoms with Crippen molar-refractivity contribution < 1.29 is 9.53 Å². The normalized spacial score (nSPS) is 10.5. The molecule has 0 fully saturated rings. The Morgan fingerprint density at radius 1 is 1.53 bits per heavy atom. The summed E-state index contributed by atoms with van der Waals surface area (Å²) >= 11 is 2.17. The van der Waals surface area contributed by atoms with E-state index in [1.54, 1.807) is 13.1 Å². The molecule has 0 aromatic carbocycles. The van der Waals surface area contributed by atoms with Crippen LogP contribution in [0, 0.1) is 3.57 Å². The van der Waals surface area contributed by atoms with Gasteiger partial charge < -0.3 is 9.14 Å². The second kappa shape index (κ2) is 4.22. The van der Waals surface area contributed by atoms with E-state index in [4.69, 9.17) is 4.74 Å². The molecule has 3 nitrogen and oxygen atoms in total. The summed E-state index contributed by atoms with van der Waals surface area (Å²) in [5.41, 5.74) is 1.66. The van der Waals surface area contributed by atoms with Crippen molar-refractivity contribution in [1.82, 2.24) is 4.40 Å². The molecule has 0 saturated carbocycles. The lowest BCUT2D eigenvalue weighted by Gasteiger charge is -1.98. The summed E-state index contributed by atoms with van der Waals surface area (Å²) < 4.78 is 7.84. The first-order valence-corrected chi connectivity index (χ1v) is 5.74. The molecule has 0 unspecified atom stereocenters. The highest BCUT2D eigenvalue weighted by atomic mass is 127. The highest BCUT2D eigenvalue weighted by molar-refractivity contribution is 14.1. The number of pyridine rings is 1. The SMILES string of the molecule is CCOC(=O)c1cn2ccccc2c1I. The number of carbonyl (C=O) groups excluding carboxylic acids is 1. The fourth-order valence-electron chi connectivity index (χ4n) is 1.44. The number of esters is 1. The van der Waals surface area contributed by atoms with E-state index in [1.807, 2.05) is 28.8 Å². The number of nitrogens with zero attached hydrogens (tertiary/aromatic N) is 1. The molecule has 0 aliphatic heterocycles. The molecule has 15 heavy (non-hydrogen) atoms. The molecule has 0 N–H and O–H groups in total. The maximum absolute atomic E-state index is 11.6. The fourth-order valence-corrected chi connectivity index (χ4v) is 2.26. The zero-order valence-corrected chi connectivity index (χ0v) is 10.4. The van der Waals surface area contributed by atoms with Gasteiger partial charge in [-0.25, -0.2) is 4.79 Å². The third kappa shape index (κ3) is 1.86. The maximum Gasteiger partial charge on any atom is 0.340 e. The molecule has 0 aliphatic carbocycles. The second-order valence-electron chi connectivity index (χ2n) is 3.07. The largest absolute Gasteiger partial charge is 0.462 e. The maximum atomic E-state index is 11.6. The first-order chi connectivity index (χ1) is 7.24. The van der Waals surface area contributed by atoms with E-state index >= 15 is 0 Å². The van der Waals surface area contributed by atoms with Crippen LogP contribution in [0.2, 0.25) is 0 Å². The lowest BCUT2D eigenvalue weighted by atomic mass is 10.3. The molecular formula is C11H10INO2. The number of ether oxygens (including phenoxy) is 1. The number of aromatic nitrogens is 1. The van der Waals surface area contributed by atoms with Gasteiger partial charge in [-0.05, 0) is 41.6 Å². The van der Waals surface area contributed by atoms with Crippen molar-refractivity contribution in [3.05, 3.63) is 39.7 Å². The first-order valence-electron chi connectivity index (χ1n) is 4.66. The molecule has 78 valence electrons. The van der Waals surface area contributed by atoms with Crippen LogP contribution in [0.3, 0.4) is 0 Å². The van der Waals surface area contributed by atoms with Crippen LogP contribution in [0.4, 0.5) is 0 Å². The molecule has 0 amide bonds. The third-order valence-electron chi connectivity index (χ3n) is 2.11. The first kappa shape index (κ1) is 10.5. The predicted octanol–water partition coefficient (Wildman–Crippen LogP) is 2.72. The Morgan fingerprint density at radius 2 is 2.33 bits per heavy atom. The van der Waals surface area contributed by atoms with E-state index in [2.05, 4.69) is 22.6 Å². The van der Waals surface area contributed by atoms with E-state index in [-0.39, 0.29) is 5.97 Å². The number of rotatable bonds is 2. The van der Waals surface area contributed by atoms with Crippen LogP contribution in [-0.2, 0) is 4.74 Å². The zero-order chi connectivity index (χ0) is 10.8. The van der Waals surface area contributed by atoms with Crippen molar-refractivity contribution in [2.24, 2.45) is 0 Å². The van der Waals surface area contributed by atoms with Gasteiger partial charge in [-0.15, -0.1) is 0 Å². The smallest absolute Gasteiger partial charge is 0.340 e. The quantitative estimate of drug-likeness (QED) is 0.630. The molecule has 2 rings (SSSR count). The summed E-state index contributed by atoms with van der Waals surface area (Å²) in [6.45, 7) is 2.21. The molecule has 0 spiro atoms. The molecule has 2 aromatic rings. The van der Waals surface area contributed by atoms with E-state index in [0.717, 1.165) is 9.09 Å². The average Bonchev–Trinajstić information content (AvgIpc) is 2.57. The van der Waals surface area contributed by atoms with E-state index < -0.39 is 0 Å². The van der Waals surface area contributed by atoms with E-state index in [1.165, 1.54) is 0 Å². The van der Waals surface area contributed by atoms with Gasteiger partial charge in [-0.2, -0.15) is 0 Å². The van der Waals surface area contributed by atoms with Crippen LogP contribution in [0.1, 0.15) is 17.3 Å². The summed E-state index contributed by atoms with van der Waals surface area (Å²) in [7, 11) is 0. The number of hydrogen-bond donors (Lipinski definition) is 0. The van der Waals surface area contributed by atoms with Gasteiger partial charge in [0.1, 0.15) is 0 Å². The molecule has 0 atom stereocenters. The van der Waals surface area contributed by atoms with Crippen molar-refractivity contribution >= 4 is 34.1 Å². The molecule has 0 radical (unpaired) electrons. The van der Waals surface area contributed by atoms with Crippen LogP contribution in [0.5, 0.6) is 0 Å². The molecule has 0 aliphatic rings. The van der Waals surface area contributed by atoms with Gasteiger partial charge in [-0.1, -0.05) is 6.07 Å². The minimum atomic E-state index is -0.259. The van der Waals surface area contributed by atoms with Gasteiger partial charge in [0.2, 0.25) is 0 Å². The number of hydrogen-bond acceptors (Lipinski definition) is 2. The Labute approximate surface area is 101 Å². The third-order valence-corrected chi connectivity index (χ3v) is 3.25. The molecule has 0 saturated heterocycles. The van der Waals surface area contributed by atoms with Gasteiger partial charge >= 0.3 is 5.97 Å². The molecule has 2 heterocycles. The summed E-state index contributed by atoms with van der Waals surface area (Å²) in [6.07, 6.45) is 3.72. The molecule has 0 bridgehead atoms. The lowest BCUT2D eigenvalue weighted by Crippen LogP contribution is -2.04. The van der Waals surface area contributed by atoms with Gasteiger partial charge in [0.15, 0.2) is 0 Å². The Bertz CT molecular complexity index is 504. The van der Waals surface area contributed by atoms with E-state index in [9.17, 15) is 4.79 Å². The van der Waals surface area contributed by atoms with Crippen LogP contribution in [0.15, 0.2) is 30.6 Å². The van der Waals surface area contributed by atoms with Crippen LogP contribution in [-0.4, -0.2) is 17.0 Å². The van der Waals surface area contributed by atoms with Crippen LogP contribution in [0.25, 0.3) is 5.52 Å². The van der Waals surface area contributed by atoms with Gasteiger partial charge in [-0.3, -0.25) is 0 Å². The van der Waals surface area contributed by atoms with Gasteiger partial charge in [0.05, 0.1) is 21.3 Å². The van der Waals surface area contributed by atoms with Crippen molar-refractivity contribution in [3.8, 4) is 0 Å². The van der Waals surface area contributed by atoms with Crippen LogP contribution < -0.4 is 0 Å². The van der Waals surface area contributed by atoms with Crippen molar-refractivity contribution in [2.75, 3.05) is 6.61 Å². The lowest BCUT2D eigenvalue weighted by molar-refractivity contribution is 0.0525. The minimum absolute atomic E-state index is 0.259. The van der Waals surface area contributed by atoms with E-state index in [0.29, 0.717) is 12.2 Å². The van der Waals surface area contributed by atoms with Crippen molar-refractivity contribution in [1.29, 1.82) is 0 Å². The predicted molar refractivity (Wildman–Crippen MR) is 66.1 cm³/mol. The highest BCUT2D eigenvalue weighted by Gasteiger charge is 2.15. The zero-order valence-electron chi connectivity index (χ0n) is 8.24. The highest BCUT2D eigenvalue weighted by Crippen LogP contribution is 2.21. The monoisotopic (exact) mass is 315 g/mol. The van der Waals surface area contributed by atoms with Gasteiger partial charge in [0, 0.05) is 12.4 Å². The summed E-state index contributed by atoms with van der Waals surface area (Å²) in [5.74, 6) is -0.259. The molecule has 2 aromatic heterocycles. The van der Waals surface area contributed by atoms with Crippen LogP contribution >= 0.6 is 22.6 Å². The Hall–Kier alpha value is -1.04. The van der Waals surface area contributed by atoms with Crippen molar-refractivity contribution in [3.63, 3.8) is 0 Å². The minimum Gasteiger partial charge on any atom is -0.462 e. The number of carbonyl (C=O) groups is 1. The Morgan fingerprint density at radius 3 is 3.00 bits per heavy atom. The second-order valence-corrected chi connectivity index (χ2v) is 4.15. The summed E-state index contributed by atoms with van der Waals surface area (Å²) in [5, 5.41) is 0. The van der Waals surface area contributed by atoms with Gasteiger partial charge in [0.25, 0.3) is 0 Å². The average molecular weight is 315 g/mol. The Balaban J connectivity index is 2.53. The summed E-state index contributed by atoms with van der Waals surface area (Å²) in [4.78, 5) is 11.6. The number of fused-ring (bicyclic) bond motifs is 1. The Kier molecular flexibility index (Phi) is 2.95. The molecule has 4 heteroatoms. The topological polar surface area (TPSA) is 30.7 Å². The number of halogens is 1. The standard InChI is InChI=1S/C11H10INO2/c1-2-15-11(14)8-7-13-6-4-3-5-9(13)10(8)12/h3-7H,2H2,1H3. The fraction of sp³-hybridized carbons (Fsp3) is 0.182. The molecular weight excluding hydrogens is 305 g/mol.